The van der Waals surface area contributed by atoms with Crippen molar-refractivity contribution in [2.24, 2.45) is 16.8 Å². The maximum atomic E-state index is 15.7. The molecule has 10 heteroatoms. The minimum absolute atomic E-state index is 0.0425. The summed E-state index contributed by atoms with van der Waals surface area (Å²) in [5.74, 6) is 7.69. The van der Waals surface area contributed by atoms with E-state index in [4.69, 9.17) is 16.4 Å². The predicted octanol–water partition coefficient (Wildman–Crippen LogP) is 4.32. The van der Waals surface area contributed by atoms with Crippen molar-refractivity contribution in [3.63, 3.8) is 0 Å². The quantitative estimate of drug-likeness (QED) is 0.168. The number of fused-ring (bicyclic) bond motifs is 1. The van der Waals surface area contributed by atoms with E-state index in [0.29, 0.717) is 28.1 Å². The summed E-state index contributed by atoms with van der Waals surface area (Å²) in [6, 6.07) is 18.8. The van der Waals surface area contributed by atoms with Gasteiger partial charge in [0, 0.05) is 10.9 Å². The lowest BCUT2D eigenvalue weighted by atomic mass is 10.0. The Morgan fingerprint density at radius 2 is 1.89 bits per heavy atom. The van der Waals surface area contributed by atoms with Crippen LogP contribution in [0, 0.1) is 25.2 Å². The number of hydrogen-bond donors (Lipinski definition) is 2. The highest BCUT2D eigenvalue weighted by atomic mass is 19.3. The van der Waals surface area contributed by atoms with Gasteiger partial charge in [-0.2, -0.15) is 24.2 Å². The highest BCUT2D eigenvalue weighted by molar-refractivity contribution is 5.91. The number of amidine groups is 1. The van der Waals surface area contributed by atoms with Crippen molar-refractivity contribution in [2.45, 2.75) is 32.9 Å². The van der Waals surface area contributed by atoms with Crippen LogP contribution in [0.2, 0.25) is 0 Å². The molecule has 0 amide bonds. The van der Waals surface area contributed by atoms with E-state index in [1.54, 1.807) is 47.1 Å². The zero-order valence-corrected chi connectivity index (χ0v) is 20.7. The molecule has 0 aliphatic carbocycles. The molecule has 0 saturated heterocycles. The van der Waals surface area contributed by atoms with Gasteiger partial charge in [0.25, 0.3) is 0 Å². The first-order chi connectivity index (χ1) is 17.7. The Hall–Kier alpha value is -4.49. The van der Waals surface area contributed by atoms with Gasteiger partial charge in [0.1, 0.15) is 5.75 Å². The number of methoxy groups -OCH3 is 1. The average Bonchev–Trinajstić information content (AvgIpc) is 3.20. The van der Waals surface area contributed by atoms with Crippen LogP contribution in [0.25, 0.3) is 10.9 Å². The first kappa shape index (κ1) is 25.6. The van der Waals surface area contributed by atoms with Gasteiger partial charge in [-0.1, -0.05) is 36.4 Å². The normalized spacial score (nSPS) is 12.0. The molecule has 0 aliphatic rings. The van der Waals surface area contributed by atoms with Crippen LogP contribution in [0.5, 0.6) is 5.75 Å². The number of rotatable bonds is 7. The summed E-state index contributed by atoms with van der Waals surface area (Å²) in [7, 11) is 1.54. The molecule has 0 saturated carbocycles. The number of hydrazine groups is 1. The van der Waals surface area contributed by atoms with E-state index < -0.39 is 11.8 Å². The molecule has 1 heterocycles. The maximum Gasteiger partial charge on any atom is 0.332 e. The predicted molar refractivity (Wildman–Crippen MR) is 138 cm³/mol. The molecule has 4 rings (SSSR count). The summed E-state index contributed by atoms with van der Waals surface area (Å²) in [5.41, 5.74) is 3.73. The van der Waals surface area contributed by atoms with Crippen molar-refractivity contribution in [3.05, 3.63) is 94.2 Å². The fourth-order valence-electron chi connectivity index (χ4n) is 4.29. The Bertz CT molecular complexity index is 1500. The molecule has 0 radical (unpaired) electrons. The number of halogens is 2. The molecular weight excluding hydrogens is 476 g/mol. The first-order valence-electron chi connectivity index (χ1n) is 11.5. The SMILES string of the molecule is COc1ccc(CN(N)/C(=N\N)C(F)(F)c2ccc3c(C)nn(Cc4c(C)cccc4C#N)c3c2)cc1. The van der Waals surface area contributed by atoms with Gasteiger partial charge in [-0.05, 0) is 54.8 Å². The summed E-state index contributed by atoms with van der Waals surface area (Å²) in [5, 5.41) is 19.0. The number of ether oxygens (including phenoxy) is 1. The molecule has 0 fully saturated rings. The second-order valence-electron chi connectivity index (χ2n) is 8.69. The Balaban J connectivity index is 1.69. The van der Waals surface area contributed by atoms with Gasteiger partial charge in [-0.3, -0.25) is 9.69 Å². The summed E-state index contributed by atoms with van der Waals surface area (Å²) >= 11 is 0. The van der Waals surface area contributed by atoms with Crippen LogP contribution in [0.15, 0.2) is 65.8 Å². The third-order valence-corrected chi connectivity index (χ3v) is 6.32. The second-order valence-corrected chi connectivity index (χ2v) is 8.69. The van der Waals surface area contributed by atoms with Crippen molar-refractivity contribution < 1.29 is 13.5 Å². The molecule has 4 N–H and O–H groups in total. The summed E-state index contributed by atoms with van der Waals surface area (Å²) in [6.07, 6.45) is 0. The largest absolute Gasteiger partial charge is 0.497 e. The van der Waals surface area contributed by atoms with Crippen LogP contribution in [0.1, 0.15) is 33.5 Å². The standard InChI is InChI=1S/C27H27F2N7O/c1-17-5-4-6-20(14-30)24(17)16-36-25-13-21(9-12-23(25)18(2)34-36)27(28,29)26(33-31)35(32)15-19-7-10-22(37-3)11-8-19/h4-13H,15-16,31-32H2,1-3H3/b33-26-. The number of nitrogens with two attached hydrogens (primary N) is 2. The van der Waals surface area contributed by atoms with E-state index >= 15 is 8.78 Å². The lowest BCUT2D eigenvalue weighted by Gasteiger charge is -2.26. The minimum Gasteiger partial charge on any atom is -0.497 e. The molecule has 0 bridgehead atoms. The molecule has 0 aliphatic heterocycles. The van der Waals surface area contributed by atoms with Gasteiger partial charge in [-0.15, -0.1) is 0 Å². The highest BCUT2D eigenvalue weighted by Crippen LogP contribution is 2.34. The molecular formula is C27H27F2N7O. The molecule has 0 atom stereocenters. The summed E-state index contributed by atoms with van der Waals surface area (Å²) in [6.45, 7) is 3.92. The van der Waals surface area contributed by atoms with Crippen molar-refractivity contribution in [3.8, 4) is 11.8 Å². The second kappa shape index (κ2) is 10.2. The monoisotopic (exact) mass is 503 g/mol. The van der Waals surface area contributed by atoms with Crippen molar-refractivity contribution >= 4 is 16.7 Å². The average molecular weight is 504 g/mol. The third kappa shape index (κ3) is 4.94. The molecule has 3 aromatic carbocycles. The summed E-state index contributed by atoms with van der Waals surface area (Å²) in [4.78, 5) is 0. The number of hydrogen-bond acceptors (Lipinski definition) is 6. The van der Waals surface area contributed by atoms with E-state index in [1.165, 1.54) is 19.2 Å². The number of benzene rings is 3. The number of aromatic nitrogens is 2. The van der Waals surface area contributed by atoms with Gasteiger partial charge in [0.2, 0.25) is 5.84 Å². The first-order valence-corrected chi connectivity index (χ1v) is 11.5. The molecule has 1 aromatic heterocycles. The third-order valence-electron chi connectivity index (χ3n) is 6.32. The van der Waals surface area contributed by atoms with Gasteiger partial charge >= 0.3 is 5.92 Å². The van der Waals surface area contributed by atoms with E-state index in [-0.39, 0.29) is 18.7 Å². The van der Waals surface area contributed by atoms with Crippen LogP contribution in [0.4, 0.5) is 8.78 Å². The Labute approximate surface area is 213 Å². The van der Waals surface area contributed by atoms with Gasteiger partial charge in [-0.25, -0.2) is 5.84 Å². The van der Waals surface area contributed by atoms with Crippen molar-refractivity contribution in [1.82, 2.24) is 14.8 Å². The topological polar surface area (TPSA) is 118 Å². The van der Waals surface area contributed by atoms with Gasteiger partial charge in [0.15, 0.2) is 0 Å². The number of hydrazone groups is 1. The van der Waals surface area contributed by atoms with E-state index in [2.05, 4.69) is 16.3 Å². The molecule has 0 unspecified atom stereocenters. The van der Waals surface area contributed by atoms with Gasteiger partial charge < -0.3 is 10.6 Å². The molecule has 8 nitrogen and oxygen atoms in total. The number of alkyl halides is 2. The molecule has 0 spiro atoms. The Morgan fingerprint density at radius 1 is 1.16 bits per heavy atom. The van der Waals surface area contributed by atoms with Crippen molar-refractivity contribution in [2.75, 3.05) is 7.11 Å². The van der Waals surface area contributed by atoms with E-state index in [1.807, 2.05) is 19.9 Å². The van der Waals surface area contributed by atoms with Crippen LogP contribution < -0.4 is 16.4 Å². The smallest absolute Gasteiger partial charge is 0.332 e. The number of nitriles is 1. The molecule has 190 valence electrons. The Morgan fingerprint density at radius 3 is 2.54 bits per heavy atom. The zero-order valence-electron chi connectivity index (χ0n) is 20.7. The maximum absolute atomic E-state index is 15.7. The Kier molecular flexibility index (Phi) is 7.09. The highest BCUT2D eigenvalue weighted by Gasteiger charge is 2.42. The van der Waals surface area contributed by atoms with Crippen LogP contribution >= 0.6 is 0 Å². The molecule has 37 heavy (non-hydrogen) atoms. The fraction of sp³-hybridized carbons (Fsp3) is 0.222. The number of nitrogens with zero attached hydrogens (tertiary/aromatic N) is 5. The van der Waals surface area contributed by atoms with Crippen molar-refractivity contribution in [1.29, 1.82) is 5.26 Å². The number of aryl methyl sites for hydroxylation is 2. The van der Waals surface area contributed by atoms with E-state index in [0.717, 1.165) is 21.5 Å². The minimum atomic E-state index is -3.59. The summed E-state index contributed by atoms with van der Waals surface area (Å²) < 4.78 is 38.2. The van der Waals surface area contributed by atoms with Crippen LogP contribution in [-0.2, 0) is 19.0 Å². The van der Waals surface area contributed by atoms with E-state index in [9.17, 15) is 5.26 Å². The van der Waals surface area contributed by atoms with Crippen LogP contribution in [0.3, 0.4) is 0 Å². The molecule has 4 aromatic rings. The van der Waals surface area contributed by atoms with Gasteiger partial charge in [0.05, 0.1) is 43.0 Å². The fourth-order valence-corrected chi connectivity index (χ4v) is 4.29. The van der Waals surface area contributed by atoms with Crippen LogP contribution in [-0.4, -0.2) is 27.7 Å². The lowest BCUT2D eigenvalue weighted by Crippen LogP contribution is -2.46. The lowest BCUT2D eigenvalue weighted by molar-refractivity contribution is 0.0584. The zero-order chi connectivity index (χ0) is 26.7.